The number of carbonyl (C=O) groups is 2. The highest BCUT2D eigenvalue weighted by Crippen LogP contribution is 2.20. The molecule has 0 aliphatic rings. The van der Waals surface area contributed by atoms with Gasteiger partial charge in [-0.15, -0.1) is 0 Å². The van der Waals surface area contributed by atoms with Crippen LogP contribution in [-0.2, 0) is 9.53 Å². The van der Waals surface area contributed by atoms with Gasteiger partial charge in [0.25, 0.3) is 5.91 Å². The lowest BCUT2D eigenvalue weighted by atomic mass is 10.1. The summed E-state index contributed by atoms with van der Waals surface area (Å²) in [4.78, 5) is 23.9. The Labute approximate surface area is 144 Å². The third-order valence-electron chi connectivity index (χ3n) is 3.79. The van der Waals surface area contributed by atoms with Crippen LogP contribution in [0.4, 0.5) is 0 Å². The molecular weight excluding hydrogens is 308 g/mol. The number of aryl methyl sites for hydroxylation is 1. The van der Waals surface area contributed by atoms with Gasteiger partial charge in [0.15, 0.2) is 0 Å². The third kappa shape index (κ3) is 5.37. The molecule has 1 unspecified atom stereocenters. The molecule has 1 aromatic rings. The number of nitrogens with one attached hydrogen (secondary N) is 1. The van der Waals surface area contributed by atoms with Gasteiger partial charge in [-0.25, -0.2) is 4.79 Å². The smallest absolute Gasteiger partial charge is 0.326 e. The zero-order valence-corrected chi connectivity index (χ0v) is 15.8. The Morgan fingerprint density at radius 1 is 1.29 bits per heavy atom. The second-order valence-corrected chi connectivity index (χ2v) is 7.36. The summed E-state index contributed by atoms with van der Waals surface area (Å²) in [5, 5.41) is 11.9. The van der Waals surface area contributed by atoms with Crippen LogP contribution in [0.5, 0.6) is 0 Å². The summed E-state index contributed by atoms with van der Waals surface area (Å²) in [6.07, 6.45) is 0.223. The second-order valence-electron chi connectivity index (χ2n) is 7.36. The molecule has 0 aromatic carbocycles. The van der Waals surface area contributed by atoms with E-state index in [4.69, 9.17) is 4.74 Å². The number of carboxylic acids is 1. The molecule has 0 saturated carbocycles. The van der Waals surface area contributed by atoms with Crippen molar-refractivity contribution in [1.82, 2.24) is 9.88 Å². The molecule has 0 fully saturated rings. The molecule has 1 aromatic heterocycles. The van der Waals surface area contributed by atoms with Gasteiger partial charge >= 0.3 is 5.97 Å². The van der Waals surface area contributed by atoms with Gasteiger partial charge in [0.2, 0.25) is 0 Å². The molecule has 136 valence electrons. The minimum Gasteiger partial charge on any atom is -0.480 e. The van der Waals surface area contributed by atoms with Crippen molar-refractivity contribution in [3.8, 4) is 0 Å². The van der Waals surface area contributed by atoms with E-state index in [0.29, 0.717) is 5.56 Å². The number of hydrogen-bond donors (Lipinski definition) is 2. The highest BCUT2D eigenvalue weighted by atomic mass is 16.5. The summed E-state index contributed by atoms with van der Waals surface area (Å²) in [6.45, 7) is 13.9. The number of carbonyl (C=O) groups excluding carboxylic acids is 1. The molecule has 24 heavy (non-hydrogen) atoms. The lowest BCUT2D eigenvalue weighted by Crippen LogP contribution is -2.42. The van der Waals surface area contributed by atoms with Gasteiger partial charge in [-0.1, -0.05) is 0 Å². The van der Waals surface area contributed by atoms with Crippen LogP contribution in [0.3, 0.4) is 0 Å². The standard InChI is InChI=1S/C18H30N2O4/c1-11(2)20-12(3)10-14(13(20)4)16(21)19-15(17(22)23)8-9-24-18(5,6)7/h10-11,15H,8-9H2,1-7H3,(H,19,21)(H,22,23). The second kappa shape index (κ2) is 7.83. The van der Waals surface area contributed by atoms with Crippen LogP contribution in [0, 0.1) is 13.8 Å². The van der Waals surface area contributed by atoms with Crippen LogP contribution in [0.15, 0.2) is 6.07 Å². The van der Waals surface area contributed by atoms with Crippen LogP contribution >= 0.6 is 0 Å². The van der Waals surface area contributed by atoms with E-state index >= 15 is 0 Å². The van der Waals surface area contributed by atoms with Crippen LogP contribution in [0.2, 0.25) is 0 Å². The van der Waals surface area contributed by atoms with Crippen molar-refractivity contribution < 1.29 is 19.4 Å². The van der Waals surface area contributed by atoms with Crippen LogP contribution in [0.25, 0.3) is 0 Å². The number of aliphatic carboxylic acids is 1. The maximum Gasteiger partial charge on any atom is 0.326 e. The fraction of sp³-hybridized carbons (Fsp3) is 0.667. The molecule has 1 heterocycles. The van der Waals surface area contributed by atoms with Gasteiger partial charge in [0.1, 0.15) is 6.04 Å². The number of nitrogens with zero attached hydrogens (tertiary/aromatic N) is 1. The largest absolute Gasteiger partial charge is 0.480 e. The number of aromatic nitrogens is 1. The fourth-order valence-electron chi connectivity index (χ4n) is 2.78. The van der Waals surface area contributed by atoms with Crippen LogP contribution < -0.4 is 5.32 Å². The average molecular weight is 338 g/mol. The van der Waals surface area contributed by atoms with Gasteiger partial charge in [-0.3, -0.25) is 4.79 Å². The van der Waals surface area contributed by atoms with E-state index in [1.54, 1.807) is 6.07 Å². The quantitative estimate of drug-likeness (QED) is 0.800. The first kappa shape index (κ1) is 20.2. The first-order chi connectivity index (χ1) is 10.9. The Morgan fingerprint density at radius 3 is 2.29 bits per heavy atom. The zero-order chi connectivity index (χ0) is 18.7. The van der Waals surface area contributed by atoms with Crippen molar-refractivity contribution in [3.63, 3.8) is 0 Å². The Balaban J connectivity index is 2.83. The first-order valence-corrected chi connectivity index (χ1v) is 8.30. The molecule has 0 bridgehead atoms. The van der Waals surface area contributed by atoms with E-state index in [1.807, 2.05) is 48.5 Å². The van der Waals surface area contributed by atoms with Gasteiger partial charge < -0.3 is 19.7 Å². The van der Waals surface area contributed by atoms with E-state index in [9.17, 15) is 14.7 Å². The lowest BCUT2D eigenvalue weighted by molar-refractivity contribution is -0.140. The first-order valence-electron chi connectivity index (χ1n) is 8.30. The molecule has 6 nitrogen and oxygen atoms in total. The average Bonchev–Trinajstić information content (AvgIpc) is 2.71. The van der Waals surface area contributed by atoms with Crippen molar-refractivity contribution in [3.05, 3.63) is 23.0 Å². The van der Waals surface area contributed by atoms with Crippen molar-refractivity contribution in [2.24, 2.45) is 0 Å². The fourth-order valence-corrected chi connectivity index (χ4v) is 2.78. The van der Waals surface area contributed by atoms with Crippen molar-refractivity contribution >= 4 is 11.9 Å². The molecule has 0 aliphatic carbocycles. The zero-order valence-electron chi connectivity index (χ0n) is 15.8. The SMILES string of the molecule is Cc1cc(C(=O)NC(CCOC(C)(C)C)C(=O)O)c(C)n1C(C)C. The summed E-state index contributed by atoms with van der Waals surface area (Å²) < 4.78 is 7.62. The molecule has 0 radical (unpaired) electrons. The van der Waals surface area contributed by atoms with E-state index < -0.39 is 12.0 Å². The number of ether oxygens (including phenoxy) is 1. The minimum atomic E-state index is -1.06. The normalized spacial score (nSPS) is 13.2. The molecule has 0 aliphatic heterocycles. The molecule has 0 spiro atoms. The minimum absolute atomic E-state index is 0.223. The van der Waals surface area contributed by atoms with E-state index in [0.717, 1.165) is 11.4 Å². The van der Waals surface area contributed by atoms with E-state index in [2.05, 4.69) is 9.88 Å². The lowest BCUT2D eigenvalue weighted by Gasteiger charge is -2.21. The Hall–Kier alpha value is -1.82. The highest BCUT2D eigenvalue weighted by molar-refractivity contribution is 5.97. The van der Waals surface area contributed by atoms with Crippen molar-refractivity contribution in [2.45, 2.75) is 72.6 Å². The predicted molar refractivity (Wildman–Crippen MR) is 93.5 cm³/mol. The van der Waals surface area contributed by atoms with Gasteiger partial charge in [0.05, 0.1) is 11.2 Å². The molecule has 2 N–H and O–H groups in total. The number of hydrogen-bond acceptors (Lipinski definition) is 3. The summed E-state index contributed by atoms with van der Waals surface area (Å²) >= 11 is 0. The van der Waals surface area contributed by atoms with Gasteiger partial charge in [-0.05, 0) is 54.5 Å². The Morgan fingerprint density at radius 2 is 1.88 bits per heavy atom. The van der Waals surface area contributed by atoms with Crippen LogP contribution in [-0.4, -0.2) is 39.8 Å². The highest BCUT2D eigenvalue weighted by Gasteiger charge is 2.24. The topological polar surface area (TPSA) is 80.6 Å². The summed E-state index contributed by atoms with van der Waals surface area (Å²) in [6, 6.07) is 1.07. The molecule has 0 saturated heterocycles. The van der Waals surface area contributed by atoms with E-state index in [-0.39, 0.29) is 30.6 Å². The molecule has 1 amide bonds. The summed E-state index contributed by atoms with van der Waals surface area (Å²) in [5.41, 5.74) is 2.00. The van der Waals surface area contributed by atoms with Gasteiger partial charge in [-0.2, -0.15) is 0 Å². The maximum absolute atomic E-state index is 12.5. The van der Waals surface area contributed by atoms with Crippen molar-refractivity contribution in [1.29, 1.82) is 0 Å². The Kier molecular flexibility index (Phi) is 6.60. The molecular formula is C18H30N2O4. The number of amides is 1. The monoisotopic (exact) mass is 338 g/mol. The third-order valence-corrected chi connectivity index (χ3v) is 3.79. The van der Waals surface area contributed by atoms with Gasteiger partial charge in [0, 0.05) is 30.5 Å². The number of rotatable bonds is 7. The maximum atomic E-state index is 12.5. The molecule has 1 rings (SSSR count). The molecule has 1 atom stereocenters. The van der Waals surface area contributed by atoms with Crippen LogP contribution in [0.1, 0.15) is 68.8 Å². The summed E-state index contributed by atoms with van der Waals surface area (Å²) in [7, 11) is 0. The Bertz CT molecular complexity index is 597. The molecule has 6 heteroatoms. The summed E-state index contributed by atoms with van der Waals surface area (Å²) in [5.74, 6) is -1.42. The van der Waals surface area contributed by atoms with E-state index in [1.165, 1.54) is 0 Å². The van der Waals surface area contributed by atoms with Crippen molar-refractivity contribution in [2.75, 3.05) is 6.61 Å². The predicted octanol–water partition coefficient (Wildman–Crippen LogP) is 3.07. The number of carboxylic acid groups (broad SMARTS) is 1.